The molecule has 1 aliphatic heterocycles. The summed E-state index contributed by atoms with van der Waals surface area (Å²) in [5.74, 6) is 2.00. The Labute approximate surface area is 164 Å². The number of halogens is 1. The second-order valence-electron chi connectivity index (χ2n) is 6.40. The second-order valence-corrected chi connectivity index (χ2v) is 8.06. The minimum Gasteiger partial charge on any atom is -0.389 e. The van der Waals surface area contributed by atoms with Crippen LogP contribution in [0, 0.1) is 0 Å². The quantitative estimate of drug-likeness (QED) is 0.354. The van der Waals surface area contributed by atoms with Crippen molar-refractivity contribution in [1.82, 2.24) is 4.90 Å². The molecule has 26 heavy (non-hydrogen) atoms. The van der Waals surface area contributed by atoms with E-state index in [1.807, 2.05) is 35.2 Å². The van der Waals surface area contributed by atoms with Gasteiger partial charge in [0, 0.05) is 36.6 Å². The fourth-order valence-electron chi connectivity index (χ4n) is 3.01. The van der Waals surface area contributed by atoms with E-state index in [1.165, 1.54) is 0 Å². The van der Waals surface area contributed by atoms with Crippen LogP contribution < -0.4 is 0 Å². The maximum Gasteiger partial charge on any atom is 0.223 e. The minimum atomic E-state index is -0.594. The Hall–Kier alpha value is -1.30. The van der Waals surface area contributed by atoms with Crippen LogP contribution in [0.2, 0.25) is 5.02 Å². The van der Waals surface area contributed by atoms with Crippen LogP contribution in [0.15, 0.2) is 36.4 Å². The largest absolute Gasteiger partial charge is 0.389 e. The average molecular weight is 396 g/mol. The highest BCUT2D eigenvalue weighted by Gasteiger charge is 2.28. The van der Waals surface area contributed by atoms with Crippen molar-refractivity contribution in [2.24, 2.45) is 0 Å². The van der Waals surface area contributed by atoms with Crippen LogP contribution >= 0.6 is 23.4 Å². The van der Waals surface area contributed by atoms with Gasteiger partial charge in [-0.1, -0.05) is 35.9 Å². The summed E-state index contributed by atoms with van der Waals surface area (Å²) in [5.41, 5.74) is 0.987. The van der Waals surface area contributed by atoms with Crippen LogP contribution in [0.4, 0.5) is 0 Å². The van der Waals surface area contributed by atoms with Crippen molar-refractivity contribution >= 4 is 35.6 Å². The van der Waals surface area contributed by atoms with Gasteiger partial charge in [0.05, 0.1) is 12.1 Å². The molecule has 0 unspecified atom stereocenters. The molecular formula is C20H26ClNO3S. The van der Waals surface area contributed by atoms with Gasteiger partial charge in [0.1, 0.15) is 6.29 Å². The van der Waals surface area contributed by atoms with E-state index in [9.17, 15) is 14.7 Å². The molecule has 142 valence electrons. The van der Waals surface area contributed by atoms with Crippen LogP contribution in [0.3, 0.4) is 0 Å². The predicted octanol–water partition coefficient (Wildman–Crippen LogP) is 3.50. The van der Waals surface area contributed by atoms with Crippen molar-refractivity contribution in [3.63, 3.8) is 0 Å². The molecule has 1 aliphatic rings. The van der Waals surface area contributed by atoms with Gasteiger partial charge in [0.2, 0.25) is 5.91 Å². The molecule has 0 aliphatic carbocycles. The summed E-state index contributed by atoms with van der Waals surface area (Å²) in [7, 11) is 0. The van der Waals surface area contributed by atoms with Gasteiger partial charge in [0.25, 0.3) is 0 Å². The molecule has 4 nitrogen and oxygen atoms in total. The number of hydrogen-bond donors (Lipinski definition) is 1. The third-order valence-corrected chi connectivity index (χ3v) is 5.63. The van der Waals surface area contributed by atoms with E-state index < -0.39 is 6.10 Å². The number of rotatable bonds is 11. The lowest BCUT2D eigenvalue weighted by atomic mass is 10.1. The van der Waals surface area contributed by atoms with Crippen LogP contribution in [-0.2, 0) is 16.0 Å². The highest BCUT2D eigenvalue weighted by molar-refractivity contribution is 7.99. The van der Waals surface area contributed by atoms with Crippen LogP contribution in [0.1, 0.15) is 31.2 Å². The third kappa shape index (κ3) is 7.14. The Morgan fingerprint density at radius 3 is 3.00 bits per heavy atom. The lowest BCUT2D eigenvalue weighted by molar-refractivity contribution is -0.128. The first kappa shape index (κ1) is 21.0. The van der Waals surface area contributed by atoms with Crippen molar-refractivity contribution in [1.29, 1.82) is 0 Å². The van der Waals surface area contributed by atoms with Gasteiger partial charge in [-0.25, -0.2) is 0 Å². The van der Waals surface area contributed by atoms with Crippen molar-refractivity contribution in [3.05, 3.63) is 47.0 Å². The highest BCUT2D eigenvalue weighted by atomic mass is 35.5. The first-order valence-corrected chi connectivity index (χ1v) is 10.5. The lowest BCUT2D eigenvalue weighted by Crippen LogP contribution is -2.34. The SMILES string of the molecule is O=CCCCSCCN1C(=O)CC[C@@H]1C=C[C@@H](O)Cc1cccc(Cl)c1. The van der Waals surface area contributed by atoms with Crippen molar-refractivity contribution in [2.75, 3.05) is 18.1 Å². The van der Waals surface area contributed by atoms with Gasteiger partial charge in [-0.2, -0.15) is 11.8 Å². The summed E-state index contributed by atoms with van der Waals surface area (Å²) in [4.78, 5) is 24.3. The first-order valence-electron chi connectivity index (χ1n) is 9.02. The van der Waals surface area contributed by atoms with Crippen LogP contribution in [0.5, 0.6) is 0 Å². The Morgan fingerprint density at radius 1 is 1.38 bits per heavy atom. The zero-order valence-electron chi connectivity index (χ0n) is 14.9. The summed E-state index contributed by atoms with van der Waals surface area (Å²) in [5, 5.41) is 10.9. The Morgan fingerprint density at radius 2 is 2.23 bits per heavy atom. The molecule has 1 N–H and O–H groups in total. The summed E-state index contributed by atoms with van der Waals surface area (Å²) in [6, 6.07) is 7.54. The van der Waals surface area contributed by atoms with Gasteiger partial charge in [-0.15, -0.1) is 0 Å². The molecule has 1 saturated heterocycles. The number of thioether (sulfide) groups is 1. The highest BCUT2D eigenvalue weighted by Crippen LogP contribution is 2.21. The summed E-state index contributed by atoms with van der Waals surface area (Å²) >= 11 is 7.74. The molecule has 1 aromatic rings. The first-order chi connectivity index (χ1) is 12.6. The van der Waals surface area contributed by atoms with Gasteiger partial charge >= 0.3 is 0 Å². The zero-order chi connectivity index (χ0) is 18.8. The van der Waals surface area contributed by atoms with E-state index in [0.29, 0.717) is 30.8 Å². The number of aliphatic hydroxyl groups is 1. The maximum atomic E-state index is 12.1. The van der Waals surface area contributed by atoms with E-state index in [2.05, 4.69) is 0 Å². The number of aliphatic hydroxyl groups excluding tert-OH is 1. The number of benzene rings is 1. The molecule has 0 radical (unpaired) electrons. The van der Waals surface area contributed by atoms with Gasteiger partial charge in [0.15, 0.2) is 0 Å². The number of hydrogen-bond acceptors (Lipinski definition) is 4. The molecule has 0 bridgehead atoms. The number of carbonyl (C=O) groups is 2. The van der Waals surface area contributed by atoms with Crippen LogP contribution in [-0.4, -0.2) is 52.4 Å². The topological polar surface area (TPSA) is 57.6 Å². The molecule has 1 amide bonds. The van der Waals surface area contributed by atoms with E-state index in [4.69, 9.17) is 11.6 Å². The number of aldehydes is 1. The standard InChI is InChI=1S/C20H26ClNO3S/c21-17-5-3-4-16(14-17)15-19(24)8-6-18-7-9-20(25)22(18)10-13-26-12-2-1-11-23/h3-6,8,11,14,18-19,24H,1-2,7,9-10,12-13,15H2/t18-,19+/m0/s1. The molecule has 1 fully saturated rings. The van der Waals surface area contributed by atoms with E-state index in [-0.39, 0.29) is 11.9 Å². The normalized spacial score (nSPS) is 18.6. The Kier molecular flexibility index (Phi) is 9.23. The fourth-order valence-corrected chi connectivity index (χ4v) is 4.12. The maximum absolute atomic E-state index is 12.1. The molecule has 1 heterocycles. The molecule has 0 aromatic heterocycles. The molecule has 0 spiro atoms. The Bertz CT molecular complexity index is 623. The van der Waals surface area contributed by atoms with Crippen molar-refractivity contribution in [2.45, 2.75) is 44.2 Å². The fraction of sp³-hybridized carbons (Fsp3) is 0.500. The molecule has 1 aromatic carbocycles. The molecular weight excluding hydrogens is 370 g/mol. The van der Waals surface area contributed by atoms with E-state index in [1.54, 1.807) is 17.8 Å². The number of amides is 1. The predicted molar refractivity (Wildman–Crippen MR) is 108 cm³/mol. The number of nitrogens with zero attached hydrogens (tertiary/aromatic N) is 1. The minimum absolute atomic E-state index is 0.0621. The summed E-state index contributed by atoms with van der Waals surface area (Å²) in [6.45, 7) is 0.712. The van der Waals surface area contributed by atoms with Crippen LogP contribution in [0.25, 0.3) is 0 Å². The average Bonchev–Trinajstić information content (AvgIpc) is 2.96. The smallest absolute Gasteiger partial charge is 0.223 e. The van der Waals surface area contributed by atoms with Gasteiger partial charge < -0.3 is 14.8 Å². The molecule has 2 atom stereocenters. The Balaban J connectivity index is 1.79. The van der Waals surface area contributed by atoms with Crippen molar-refractivity contribution in [3.8, 4) is 0 Å². The number of likely N-dealkylation sites (tertiary alicyclic amines) is 1. The number of carbonyl (C=O) groups excluding carboxylic acids is 2. The molecule has 2 rings (SSSR count). The summed E-state index contributed by atoms with van der Waals surface area (Å²) in [6.07, 6.45) is 7.45. The van der Waals surface area contributed by atoms with E-state index >= 15 is 0 Å². The molecule has 6 heteroatoms. The number of unbranched alkanes of at least 4 members (excludes halogenated alkanes) is 1. The second kappa shape index (κ2) is 11.4. The van der Waals surface area contributed by atoms with Crippen molar-refractivity contribution < 1.29 is 14.7 Å². The van der Waals surface area contributed by atoms with Gasteiger partial charge in [-0.3, -0.25) is 4.79 Å². The van der Waals surface area contributed by atoms with E-state index in [0.717, 1.165) is 36.2 Å². The monoisotopic (exact) mass is 395 g/mol. The van der Waals surface area contributed by atoms with Gasteiger partial charge in [-0.05, 0) is 36.3 Å². The molecule has 0 saturated carbocycles. The summed E-state index contributed by atoms with van der Waals surface area (Å²) < 4.78 is 0. The zero-order valence-corrected chi connectivity index (χ0v) is 16.4. The lowest BCUT2D eigenvalue weighted by Gasteiger charge is -2.22. The third-order valence-electron chi connectivity index (χ3n) is 4.35.